The summed E-state index contributed by atoms with van der Waals surface area (Å²) in [7, 11) is 0. The number of carboxylic acids is 1. The van der Waals surface area contributed by atoms with Gasteiger partial charge in [-0.2, -0.15) is 0 Å². The van der Waals surface area contributed by atoms with Gasteiger partial charge in [-0.05, 0) is 50.3 Å². The zero-order chi connectivity index (χ0) is 52.7. The van der Waals surface area contributed by atoms with Crippen LogP contribution in [0.15, 0.2) is 60.8 Å². The van der Waals surface area contributed by atoms with Gasteiger partial charge in [0.1, 0.15) is 30.7 Å². The number of nitrogens with two attached hydrogens (primary N) is 1. The summed E-state index contributed by atoms with van der Waals surface area (Å²) < 4.78 is 0. The molecule has 3 aromatic rings. The average molecular weight is 1020 g/mol. The number of hydrogen-bond acceptors (Lipinski definition) is 14. The second kappa shape index (κ2) is 29.8. The number of aldehydes is 2. The third kappa shape index (κ3) is 20.1. The molecule has 1 aromatic heterocycles. The first-order valence-corrected chi connectivity index (χ1v) is 25.2. The minimum absolute atomic E-state index is 0.0455. The fraction of sp³-hybridized carbons (Fsp3) is 0.549. The van der Waals surface area contributed by atoms with Crippen LogP contribution in [0.2, 0.25) is 0 Å². The topological polar surface area (TPSA) is 292 Å². The Balaban J connectivity index is 1.19. The highest BCUT2D eigenvalue weighted by molar-refractivity contribution is 5.95. The number of para-hydroxylation sites is 1. The Morgan fingerprint density at radius 1 is 0.630 bits per heavy atom. The Hall–Kier alpha value is -6.59. The molecule has 5 rings (SSSR count). The maximum atomic E-state index is 14.2. The van der Waals surface area contributed by atoms with E-state index in [4.69, 9.17) is 5.73 Å². The summed E-state index contributed by atoms with van der Waals surface area (Å²) in [6.07, 6.45) is 4.33. The number of aliphatic carboxylic acids is 1. The molecule has 3 heterocycles. The zero-order valence-corrected chi connectivity index (χ0v) is 42.1. The number of carbonyl (C=O) groups is 9. The van der Waals surface area contributed by atoms with Crippen molar-refractivity contribution in [2.45, 2.75) is 82.6 Å². The van der Waals surface area contributed by atoms with Gasteiger partial charge in [0, 0.05) is 114 Å². The lowest BCUT2D eigenvalue weighted by Gasteiger charge is -2.34. The molecule has 0 saturated carbocycles. The summed E-state index contributed by atoms with van der Waals surface area (Å²) in [5.41, 5.74) is 7.90. The molecule has 6 amide bonds. The van der Waals surface area contributed by atoms with E-state index in [1.165, 1.54) is 0 Å². The number of carboxylic acid groups (broad SMARTS) is 1. The number of benzene rings is 2. The van der Waals surface area contributed by atoms with Gasteiger partial charge >= 0.3 is 5.97 Å². The van der Waals surface area contributed by atoms with Crippen molar-refractivity contribution in [3.8, 4) is 0 Å². The number of primary amides is 1. The third-order valence-electron chi connectivity index (χ3n) is 13.1. The van der Waals surface area contributed by atoms with Gasteiger partial charge in [-0.3, -0.25) is 58.1 Å². The molecule has 2 fully saturated rings. The summed E-state index contributed by atoms with van der Waals surface area (Å²) in [4.78, 5) is 128. The van der Waals surface area contributed by atoms with Crippen LogP contribution in [0.3, 0.4) is 0 Å². The number of rotatable bonds is 25. The lowest BCUT2D eigenvalue weighted by molar-refractivity contribution is -0.138. The lowest BCUT2D eigenvalue weighted by atomic mass is 10.0. The number of hydrogen-bond donors (Lipinski definition) is 8. The Bertz CT molecular complexity index is 2310. The standard InChI is InChI=1S/C51H74N12O10/c1-36(2)54-50(72)44(31-38-32-53-41-11-7-6-10-40(38)41)58-49(71)42(12-13-45(52)66)57-51(73)43(30-37-8-4-3-5-9-37)56-47(68)34-61-16-14-39(15-17-61)55-46(67)33-62-22-20-59(26-28-64)18-19-60(27-29-65)21-23-63(25-24-62)35-48(69)70/h3-11,28-29,32,36,39,42-44,53H,12-27,30-31,33-35H2,1-2H3,(H2,52,66)(H,54,72)(H,55,67)(H,56,68)(H,57,73)(H,58,71)(H,69,70)/t42-,43+,44-/m0/s1. The van der Waals surface area contributed by atoms with E-state index in [2.05, 4.69) is 31.6 Å². The number of aromatic nitrogens is 1. The van der Waals surface area contributed by atoms with Crippen LogP contribution in [0.25, 0.3) is 10.9 Å². The smallest absolute Gasteiger partial charge is 0.317 e. The maximum absolute atomic E-state index is 14.2. The highest BCUT2D eigenvalue weighted by atomic mass is 16.4. The van der Waals surface area contributed by atoms with Crippen LogP contribution >= 0.6 is 0 Å². The first kappa shape index (κ1) is 57.3. The Morgan fingerprint density at radius 3 is 1.73 bits per heavy atom. The van der Waals surface area contributed by atoms with E-state index in [-0.39, 0.29) is 76.4 Å². The van der Waals surface area contributed by atoms with E-state index in [9.17, 15) is 48.3 Å². The van der Waals surface area contributed by atoms with Gasteiger partial charge in [-0.1, -0.05) is 48.5 Å². The first-order valence-electron chi connectivity index (χ1n) is 25.2. The average Bonchev–Trinajstić information content (AvgIpc) is 3.76. The summed E-state index contributed by atoms with van der Waals surface area (Å²) in [6, 6.07) is 12.7. The summed E-state index contributed by atoms with van der Waals surface area (Å²) in [6.45, 7) is 8.46. The molecule has 398 valence electrons. The number of likely N-dealkylation sites (tertiary alicyclic amines) is 1. The summed E-state index contributed by atoms with van der Waals surface area (Å²) >= 11 is 0. The van der Waals surface area contributed by atoms with Crippen molar-refractivity contribution < 1.29 is 48.3 Å². The molecule has 2 saturated heterocycles. The van der Waals surface area contributed by atoms with Crippen LogP contribution in [0.4, 0.5) is 0 Å². The monoisotopic (exact) mass is 1010 g/mol. The molecule has 3 atom stereocenters. The normalized spacial score (nSPS) is 17.5. The molecule has 2 aliphatic heterocycles. The summed E-state index contributed by atoms with van der Waals surface area (Å²) in [5, 5.41) is 24.8. The Kier molecular flexibility index (Phi) is 23.4. The molecule has 0 bridgehead atoms. The second-order valence-electron chi connectivity index (χ2n) is 19.2. The summed E-state index contributed by atoms with van der Waals surface area (Å²) in [5.74, 6) is -4.11. The van der Waals surface area contributed by atoms with Gasteiger partial charge in [0.2, 0.25) is 35.4 Å². The molecular weight excluding hydrogens is 941 g/mol. The molecule has 73 heavy (non-hydrogen) atoms. The number of aromatic amines is 1. The number of nitrogens with zero attached hydrogens (tertiary/aromatic N) is 5. The van der Waals surface area contributed by atoms with Crippen molar-refractivity contribution in [1.82, 2.24) is 56.1 Å². The fourth-order valence-electron chi connectivity index (χ4n) is 9.09. The largest absolute Gasteiger partial charge is 0.480 e. The van der Waals surface area contributed by atoms with Crippen LogP contribution < -0.4 is 32.3 Å². The van der Waals surface area contributed by atoms with Gasteiger partial charge < -0.3 is 52.0 Å². The number of piperidine rings is 1. The van der Waals surface area contributed by atoms with Crippen molar-refractivity contribution in [2.75, 3.05) is 98.2 Å². The molecule has 2 aromatic carbocycles. The van der Waals surface area contributed by atoms with E-state index in [0.29, 0.717) is 78.3 Å². The molecule has 22 heteroatoms. The molecule has 22 nitrogen and oxygen atoms in total. The number of nitrogens with one attached hydrogen (secondary N) is 6. The van der Waals surface area contributed by atoms with E-state index in [1.807, 2.05) is 62.1 Å². The van der Waals surface area contributed by atoms with E-state index < -0.39 is 53.6 Å². The molecule has 0 radical (unpaired) electrons. The number of fused-ring (bicyclic) bond motifs is 1. The lowest BCUT2D eigenvalue weighted by Crippen LogP contribution is -2.58. The predicted octanol–water partition coefficient (Wildman–Crippen LogP) is -1.52. The van der Waals surface area contributed by atoms with Crippen LogP contribution in [-0.4, -0.2) is 217 Å². The van der Waals surface area contributed by atoms with Gasteiger partial charge in [-0.15, -0.1) is 0 Å². The maximum Gasteiger partial charge on any atom is 0.317 e. The van der Waals surface area contributed by atoms with Gasteiger partial charge in [-0.25, -0.2) is 0 Å². The van der Waals surface area contributed by atoms with Gasteiger partial charge in [0.25, 0.3) is 0 Å². The number of amides is 6. The van der Waals surface area contributed by atoms with Gasteiger partial charge in [0.05, 0.1) is 32.7 Å². The second-order valence-corrected chi connectivity index (χ2v) is 19.2. The number of carbonyl (C=O) groups excluding carboxylic acids is 8. The van der Waals surface area contributed by atoms with Crippen molar-refractivity contribution >= 4 is 64.9 Å². The van der Waals surface area contributed by atoms with Crippen LogP contribution in [-0.2, 0) is 56.0 Å². The van der Waals surface area contributed by atoms with Crippen molar-refractivity contribution in [3.05, 3.63) is 71.9 Å². The van der Waals surface area contributed by atoms with Crippen LogP contribution in [0, 0.1) is 0 Å². The zero-order valence-electron chi connectivity index (χ0n) is 42.1. The highest BCUT2D eigenvalue weighted by Gasteiger charge is 2.32. The van der Waals surface area contributed by atoms with E-state index >= 15 is 0 Å². The Morgan fingerprint density at radius 2 is 1.14 bits per heavy atom. The number of H-pyrrole nitrogens is 1. The Labute approximate surface area is 426 Å². The van der Waals surface area contributed by atoms with Gasteiger partial charge in [0.15, 0.2) is 0 Å². The minimum atomic E-state index is -1.29. The third-order valence-corrected chi connectivity index (χ3v) is 13.1. The molecular formula is C51H74N12O10. The molecule has 2 aliphatic rings. The minimum Gasteiger partial charge on any atom is -0.480 e. The predicted molar refractivity (Wildman–Crippen MR) is 273 cm³/mol. The van der Waals surface area contributed by atoms with Crippen molar-refractivity contribution in [3.63, 3.8) is 0 Å². The van der Waals surface area contributed by atoms with Crippen molar-refractivity contribution in [1.29, 1.82) is 0 Å². The van der Waals surface area contributed by atoms with E-state index in [0.717, 1.165) is 34.6 Å². The van der Waals surface area contributed by atoms with E-state index in [1.54, 1.807) is 37.1 Å². The molecule has 0 unspecified atom stereocenters. The van der Waals surface area contributed by atoms with Crippen LogP contribution in [0.5, 0.6) is 0 Å². The molecule has 9 N–H and O–H groups in total. The first-order chi connectivity index (χ1) is 35.1. The fourth-order valence-corrected chi connectivity index (χ4v) is 9.09. The van der Waals surface area contributed by atoms with Crippen molar-refractivity contribution in [2.24, 2.45) is 5.73 Å². The van der Waals surface area contributed by atoms with Crippen LogP contribution in [0.1, 0.15) is 50.7 Å². The highest BCUT2D eigenvalue weighted by Crippen LogP contribution is 2.20. The quantitative estimate of drug-likeness (QED) is 0.0448. The SMILES string of the molecule is CC(C)NC(=O)[C@H](Cc1c[nH]c2ccccc12)NC(=O)[C@H](CCC(N)=O)NC(=O)[C@@H](Cc1ccccc1)NC(=O)CN1CCC(NC(=O)CN2CCN(CC=O)CCN(CC=O)CCN(CC(=O)O)CC2)CC1. The molecule has 0 aliphatic carbocycles. The molecule has 0 spiro atoms.